The lowest BCUT2D eigenvalue weighted by molar-refractivity contribution is 0.00752. The van der Waals surface area contributed by atoms with Gasteiger partial charge in [-0.05, 0) is 12.8 Å². The van der Waals surface area contributed by atoms with Crippen molar-refractivity contribution >= 4 is 17.3 Å². The Balaban J connectivity index is 1.96. The second-order valence-corrected chi connectivity index (χ2v) is 9.29. The maximum atomic E-state index is 5.50. The molecule has 0 bridgehead atoms. The van der Waals surface area contributed by atoms with E-state index < -0.39 is 0 Å². The Hall–Kier alpha value is -1.18. The first-order valence-electron chi connectivity index (χ1n) is 10.1. The topological polar surface area (TPSA) is 61.8 Å². The van der Waals surface area contributed by atoms with Crippen molar-refractivity contribution in [3.8, 4) is 0 Å². The van der Waals surface area contributed by atoms with Crippen molar-refractivity contribution in [1.29, 1.82) is 0 Å². The second kappa shape index (κ2) is 10.4. The summed E-state index contributed by atoms with van der Waals surface area (Å²) in [5, 5.41) is 10.2. The Kier molecular flexibility index (Phi) is 8.51. The van der Waals surface area contributed by atoms with E-state index in [-0.39, 0.29) is 5.41 Å². The molecule has 0 aromatic carbocycles. The molecule has 0 radical (unpaired) electrons. The largest absolute Gasteiger partial charge is 0.379 e. The summed E-state index contributed by atoms with van der Waals surface area (Å²) in [6, 6.07) is 0.476. The van der Waals surface area contributed by atoms with E-state index >= 15 is 0 Å². The van der Waals surface area contributed by atoms with Crippen LogP contribution in [-0.4, -0.2) is 61.3 Å². The standard InChI is InChI=1S/C20H37N5OS/c1-7-21-19(22-12-16-14-27-18(24-16)20(4,5)6)23-13-17(15(2)3)25-8-10-26-11-9-25/h14-15,17H,7-13H2,1-6H3,(H2,21,22,23). The molecule has 0 amide bonds. The minimum absolute atomic E-state index is 0.0953. The average Bonchev–Trinajstić information content (AvgIpc) is 3.10. The number of ether oxygens (including phenoxy) is 1. The molecule has 1 aromatic rings. The average molecular weight is 396 g/mol. The van der Waals surface area contributed by atoms with Crippen LogP contribution in [0.15, 0.2) is 10.4 Å². The molecule has 0 spiro atoms. The molecule has 1 unspecified atom stereocenters. The molecule has 0 saturated carbocycles. The minimum Gasteiger partial charge on any atom is -0.379 e. The van der Waals surface area contributed by atoms with Gasteiger partial charge in [0.1, 0.15) is 0 Å². The number of nitrogens with one attached hydrogen (secondary N) is 2. The third-order valence-corrected chi connectivity index (χ3v) is 6.02. The zero-order chi connectivity index (χ0) is 19.9. The highest BCUT2D eigenvalue weighted by molar-refractivity contribution is 7.09. The van der Waals surface area contributed by atoms with Crippen LogP contribution in [0.5, 0.6) is 0 Å². The number of thiazole rings is 1. The number of morpholine rings is 1. The van der Waals surface area contributed by atoms with Crippen LogP contribution in [0.1, 0.15) is 52.2 Å². The number of rotatable bonds is 7. The summed E-state index contributed by atoms with van der Waals surface area (Å²) in [6.07, 6.45) is 0. The SMILES string of the molecule is CCNC(=NCc1csc(C(C)(C)C)n1)NCC(C(C)C)N1CCOCC1. The Morgan fingerprint density at radius 3 is 2.56 bits per heavy atom. The Bertz CT molecular complexity index is 587. The third kappa shape index (κ3) is 7.05. The quantitative estimate of drug-likeness (QED) is 0.549. The van der Waals surface area contributed by atoms with Gasteiger partial charge in [0.15, 0.2) is 5.96 Å². The molecular formula is C20H37N5OS. The number of aliphatic imine (C=N–C) groups is 1. The molecule has 0 aliphatic carbocycles. The van der Waals surface area contributed by atoms with E-state index in [0.717, 1.165) is 56.1 Å². The lowest BCUT2D eigenvalue weighted by Gasteiger charge is -2.37. The van der Waals surface area contributed by atoms with Gasteiger partial charge in [-0.15, -0.1) is 11.3 Å². The van der Waals surface area contributed by atoms with Gasteiger partial charge in [-0.1, -0.05) is 34.6 Å². The van der Waals surface area contributed by atoms with Crippen LogP contribution in [0.3, 0.4) is 0 Å². The van der Waals surface area contributed by atoms with Crippen molar-refractivity contribution in [3.05, 3.63) is 16.1 Å². The maximum Gasteiger partial charge on any atom is 0.191 e. The fourth-order valence-corrected chi connectivity index (χ4v) is 4.02. The van der Waals surface area contributed by atoms with Crippen LogP contribution in [0.25, 0.3) is 0 Å². The lowest BCUT2D eigenvalue weighted by atomic mass is 9.98. The monoisotopic (exact) mass is 395 g/mol. The van der Waals surface area contributed by atoms with E-state index in [4.69, 9.17) is 14.7 Å². The van der Waals surface area contributed by atoms with Crippen molar-refractivity contribution in [2.75, 3.05) is 39.4 Å². The molecule has 1 fully saturated rings. The number of hydrogen-bond donors (Lipinski definition) is 2. The van der Waals surface area contributed by atoms with E-state index in [1.807, 2.05) is 0 Å². The fourth-order valence-electron chi connectivity index (χ4n) is 3.12. The molecule has 2 heterocycles. The van der Waals surface area contributed by atoms with Gasteiger partial charge >= 0.3 is 0 Å². The highest BCUT2D eigenvalue weighted by atomic mass is 32.1. The molecule has 2 N–H and O–H groups in total. The Labute approximate surface area is 168 Å². The van der Waals surface area contributed by atoms with E-state index in [0.29, 0.717) is 18.5 Å². The van der Waals surface area contributed by atoms with Crippen LogP contribution in [0.4, 0.5) is 0 Å². The normalized spacial score (nSPS) is 18.0. The molecule has 1 saturated heterocycles. The summed E-state index contributed by atoms with van der Waals surface area (Å²) in [7, 11) is 0. The molecule has 27 heavy (non-hydrogen) atoms. The van der Waals surface area contributed by atoms with Gasteiger partial charge in [-0.3, -0.25) is 4.90 Å². The molecule has 2 rings (SSSR count). The van der Waals surface area contributed by atoms with Gasteiger partial charge in [-0.2, -0.15) is 0 Å². The van der Waals surface area contributed by atoms with E-state index in [1.165, 1.54) is 0 Å². The van der Waals surface area contributed by atoms with Crippen molar-refractivity contribution in [2.24, 2.45) is 10.9 Å². The van der Waals surface area contributed by atoms with Crippen molar-refractivity contribution < 1.29 is 4.74 Å². The van der Waals surface area contributed by atoms with Crippen molar-refractivity contribution in [2.45, 2.75) is 59.5 Å². The maximum absolute atomic E-state index is 5.50. The van der Waals surface area contributed by atoms with Crippen LogP contribution < -0.4 is 10.6 Å². The first-order chi connectivity index (χ1) is 12.8. The van der Waals surface area contributed by atoms with Crippen LogP contribution in [-0.2, 0) is 16.7 Å². The Morgan fingerprint density at radius 2 is 2.00 bits per heavy atom. The molecule has 1 aliphatic heterocycles. The highest BCUT2D eigenvalue weighted by Gasteiger charge is 2.24. The molecule has 154 valence electrons. The van der Waals surface area contributed by atoms with E-state index in [1.54, 1.807) is 11.3 Å². The minimum atomic E-state index is 0.0953. The van der Waals surface area contributed by atoms with Crippen LogP contribution in [0.2, 0.25) is 0 Å². The first-order valence-corrected chi connectivity index (χ1v) is 11.0. The summed E-state index contributed by atoms with van der Waals surface area (Å²) in [6.45, 7) is 19.3. The molecule has 1 aliphatic rings. The predicted molar refractivity (Wildman–Crippen MR) is 115 cm³/mol. The summed E-state index contributed by atoms with van der Waals surface area (Å²) in [5.74, 6) is 1.44. The number of guanidine groups is 1. The lowest BCUT2D eigenvalue weighted by Crippen LogP contribution is -2.52. The van der Waals surface area contributed by atoms with Gasteiger partial charge < -0.3 is 15.4 Å². The molecule has 1 aromatic heterocycles. The van der Waals surface area contributed by atoms with Crippen LogP contribution >= 0.6 is 11.3 Å². The highest BCUT2D eigenvalue weighted by Crippen LogP contribution is 2.25. The number of aromatic nitrogens is 1. The predicted octanol–water partition coefficient (Wildman–Crippen LogP) is 2.85. The zero-order valence-electron chi connectivity index (χ0n) is 17.8. The van der Waals surface area contributed by atoms with Gasteiger partial charge in [-0.25, -0.2) is 9.98 Å². The van der Waals surface area contributed by atoms with Crippen molar-refractivity contribution in [1.82, 2.24) is 20.5 Å². The zero-order valence-corrected chi connectivity index (χ0v) is 18.7. The van der Waals surface area contributed by atoms with Crippen LogP contribution in [0, 0.1) is 5.92 Å². The fraction of sp³-hybridized carbons (Fsp3) is 0.800. The van der Waals surface area contributed by atoms with Crippen molar-refractivity contribution in [3.63, 3.8) is 0 Å². The summed E-state index contributed by atoms with van der Waals surface area (Å²) in [5.41, 5.74) is 1.13. The summed E-state index contributed by atoms with van der Waals surface area (Å²) in [4.78, 5) is 12.0. The smallest absolute Gasteiger partial charge is 0.191 e. The Morgan fingerprint density at radius 1 is 1.30 bits per heavy atom. The molecular weight excluding hydrogens is 358 g/mol. The summed E-state index contributed by atoms with van der Waals surface area (Å²) < 4.78 is 5.50. The third-order valence-electron chi connectivity index (χ3n) is 4.70. The number of nitrogens with zero attached hydrogens (tertiary/aromatic N) is 3. The van der Waals surface area contributed by atoms with Gasteiger partial charge in [0.25, 0.3) is 0 Å². The molecule has 6 nitrogen and oxygen atoms in total. The van der Waals surface area contributed by atoms with Gasteiger partial charge in [0.05, 0.1) is 30.5 Å². The van der Waals surface area contributed by atoms with E-state index in [9.17, 15) is 0 Å². The van der Waals surface area contributed by atoms with Gasteiger partial charge in [0.2, 0.25) is 0 Å². The van der Waals surface area contributed by atoms with E-state index in [2.05, 4.69) is 62.5 Å². The summed E-state index contributed by atoms with van der Waals surface area (Å²) >= 11 is 1.72. The molecule has 1 atom stereocenters. The second-order valence-electron chi connectivity index (χ2n) is 8.43. The first kappa shape index (κ1) is 22.1. The van der Waals surface area contributed by atoms with Gasteiger partial charge in [0, 0.05) is 43.0 Å². The number of hydrogen-bond acceptors (Lipinski definition) is 5. The molecule has 7 heteroatoms.